The molecule has 31 heavy (non-hydrogen) atoms. The van der Waals surface area contributed by atoms with E-state index < -0.39 is 0 Å². The minimum absolute atomic E-state index is 0.107. The van der Waals surface area contributed by atoms with Crippen LogP contribution in [-0.2, 0) is 0 Å². The van der Waals surface area contributed by atoms with Gasteiger partial charge in [0.15, 0.2) is 0 Å². The molecule has 166 valence electrons. The summed E-state index contributed by atoms with van der Waals surface area (Å²) in [6.45, 7) is 5.30. The predicted molar refractivity (Wildman–Crippen MR) is 136 cm³/mol. The molecule has 0 spiro atoms. The first kappa shape index (κ1) is 22.7. The number of fused-ring (bicyclic) bond motifs is 2. The summed E-state index contributed by atoms with van der Waals surface area (Å²) < 4.78 is 13.6. The van der Waals surface area contributed by atoms with E-state index in [1.165, 1.54) is 25.7 Å². The van der Waals surface area contributed by atoms with E-state index in [4.69, 9.17) is 9.47 Å². The summed E-state index contributed by atoms with van der Waals surface area (Å²) in [5.41, 5.74) is 2.26. The fourth-order valence-corrected chi connectivity index (χ4v) is 5.28. The molecule has 0 bridgehead atoms. The Bertz CT molecular complexity index is 899. The number of unbranched alkanes of at least 4 members (excludes halogenated alkanes) is 1. The van der Waals surface area contributed by atoms with Crippen molar-refractivity contribution in [3.05, 3.63) is 59.1 Å². The van der Waals surface area contributed by atoms with Crippen molar-refractivity contribution < 1.29 is 9.47 Å². The van der Waals surface area contributed by atoms with E-state index in [0.717, 1.165) is 40.4 Å². The van der Waals surface area contributed by atoms with Crippen molar-refractivity contribution in [2.75, 3.05) is 11.5 Å². The monoisotopic (exact) mass is 547 g/mol. The average Bonchev–Trinajstić information content (AvgIpc) is 2.78. The van der Waals surface area contributed by atoms with E-state index in [0.29, 0.717) is 10.7 Å². The quantitative estimate of drug-likeness (QED) is 0.246. The molecular weight excluding hydrogens is 518 g/mol. The van der Waals surface area contributed by atoms with E-state index in [-0.39, 0.29) is 12.1 Å². The molecule has 1 aliphatic heterocycles. The molecule has 0 amide bonds. The van der Waals surface area contributed by atoms with Crippen molar-refractivity contribution in [2.45, 2.75) is 62.9 Å². The van der Waals surface area contributed by atoms with E-state index in [1.807, 2.05) is 0 Å². The zero-order valence-electron chi connectivity index (χ0n) is 18.3. The maximum Gasteiger partial charge on any atom is 0.144 e. The van der Waals surface area contributed by atoms with Gasteiger partial charge < -0.3 is 14.4 Å². The van der Waals surface area contributed by atoms with Gasteiger partial charge in [0.05, 0.1) is 18.3 Å². The molecule has 2 aromatic carbocycles. The molecule has 4 unspecified atom stereocenters. The number of alkyl halides is 1. The normalized spacial score (nSPS) is 23.0. The summed E-state index contributed by atoms with van der Waals surface area (Å²) >= 11 is 7.32. The molecule has 0 saturated carbocycles. The highest BCUT2D eigenvalue weighted by molar-refractivity contribution is 9.10. The van der Waals surface area contributed by atoms with Gasteiger partial charge in [0.25, 0.3) is 0 Å². The minimum Gasteiger partial charge on any atom is -0.493 e. The van der Waals surface area contributed by atoms with Crippen LogP contribution in [0.15, 0.2) is 59.1 Å². The molecule has 5 heteroatoms. The molecule has 0 saturated heterocycles. The zero-order chi connectivity index (χ0) is 21.8. The Labute approximate surface area is 203 Å². The molecule has 0 aromatic heterocycles. The molecule has 4 atom stereocenters. The second-order valence-electron chi connectivity index (χ2n) is 8.49. The second kappa shape index (κ2) is 10.4. The van der Waals surface area contributed by atoms with E-state index >= 15 is 0 Å². The van der Waals surface area contributed by atoms with Gasteiger partial charge in [-0.3, -0.25) is 0 Å². The Hall–Kier alpha value is -1.46. The highest BCUT2D eigenvalue weighted by atomic mass is 79.9. The second-order valence-corrected chi connectivity index (χ2v) is 10.6. The van der Waals surface area contributed by atoms with E-state index in [1.54, 1.807) is 0 Å². The van der Waals surface area contributed by atoms with Gasteiger partial charge in [-0.05, 0) is 54.8 Å². The van der Waals surface area contributed by atoms with Crippen LogP contribution in [0.1, 0.15) is 46.0 Å². The van der Waals surface area contributed by atoms with Gasteiger partial charge in [0.2, 0.25) is 0 Å². The summed E-state index contributed by atoms with van der Waals surface area (Å²) in [4.78, 5) is 2.74. The molecule has 1 heterocycles. The minimum atomic E-state index is 0.107. The average molecular weight is 549 g/mol. The molecular formula is C26H31Br2NO2. The van der Waals surface area contributed by atoms with Crippen LogP contribution in [0.3, 0.4) is 0 Å². The van der Waals surface area contributed by atoms with Crippen LogP contribution >= 0.6 is 31.9 Å². The van der Waals surface area contributed by atoms with Crippen LogP contribution in [-0.4, -0.2) is 23.6 Å². The Morgan fingerprint density at radius 3 is 2.68 bits per heavy atom. The third-order valence-electron chi connectivity index (χ3n) is 6.26. The summed E-state index contributed by atoms with van der Waals surface area (Å²) in [7, 11) is 0. The summed E-state index contributed by atoms with van der Waals surface area (Å²) in [6, 6.07) is 15.0. The maximum absolute atomic E-state index is 6.39. The van der Waals surface area contributed by atoms with Gasteiger partial charge in [-0.2, -0.15) is 0 Å². The Morgan fingerprint density at radius 2 is 1.94 bits per heavy atom. The van der Waals surface area contributed by atoms with E-state index in [9.17, 15) is 0 Å². The number of ether oxygens (including phenoxy) is 2. The van der Waals surface area contributed by atoms with Gasteiger partial charge in [-0.25, -0.2) is 0 Å². The SMILES string of the molecule is CCCCC(CC)COc1ccc(N2c3ccc(Br)cc3OC3CC(Br)C=CC32)cc1. The summed E-state index contributed by atoms with van der Waals surface area (Å²) in [5.74, 6) is 2.50. The van der Waals surface area contributed by atoms with E-state index in [2.05, 4.69) is 105 Å². The maximum atomic E-state index is 6.39. The van der Waals surface area contributed by atoms with Crippen LogP contribution in [0.2, 0.25) is 0 Å². The lowest BCUT2D eigenvalue weighted by Crippen LogP contribution is -2.48. The van der Waals surface area contributed by atoms with Crippen LogP contribution in [0.5, 0.6) is 11.5 Å². The first-order chi connectivity index (χ1) is 15.1. The van der Waals surface area contributed by atoms with Gasteiger partial charge in [0.1, 0.15) is 17.6 Å². The number of hydrogen-bond donors (Lipinski definition) is 0. The van der Waals surface area contributed by atoms with Gasteiger partial charge in [0, 0.05) is 21.4 Å². The number of allylic oxidation sites excluding steroid dienone is 1. The van der Waals surface area contributed by atoms with Gasteiger partial charge in [-0.15, -0.1) is 0 Å². The largest absolute Gasteiger partial charge is 0.493 e. The van der Waals surface area contributed by atoms with Crippen LogP contribution in [0.4, 0.5) is 11.4 Å². The number of halogens is 2. The van der Waals surface area contributed by atoms with Crippen molar-refractivity contribution in [1.82, 2.24) is 0 Å². The number of hydrogen-bond acceptors (Lipinski definition) is 3. The van der Waals surface area contributed by atoms with Gasteiger partial charge >= 0.3 is 0 Å². The molecule has 0 N–H and O–H groups in total. The number of nitrogens with zero attached hydrogens (tertiary/aromatic N) is 1. The number of rotatable bonds is 8. The Morgan fingerprint density at radius 1 is 1.13 bits per heavy atom. The molecule has 4 rings (SSSR count). The summed E-state index contributed by atoms with van der Waals surface area (Å²) in [6.07, 6.45) is 10.5. The molecule has 0 fully saturated rings. The lowest BCUT2D eigenvalue weighted by Gasteiger charge is -2.44. The third-order valence-corrected chi connectivity index (χ3v) is 7.43. The predicted octanol–water partition coefficient (Wildman–Crippen LogP) is 8.04. The first-order valence-electron chi connectivity index (χ1n) is 11.4. The standard InChI is InChI=1S/C26H31Br2NO2/c1-3-5-6-18(4-2)17-30-22-11-9-21(10-12-22)29-23-13-7-19(27)15-25(23)31-26-16-20(28)8-14-24(26)29/h7-15,18,20,24,26H,3-6,16-17H2,1-2H3. The first-order valence-corrected chi connectivity index (χ1v) is 13.1. The number of benzene rings is 2. The summed E-state index contributed by atoms with van der Waals surface area (Å²) in [5, 5.41) is 0. The molecule has 3 nitrogen and oxygen atoms in total. The van der Waals surface area contributed by atoms with Gasteiger partial charge in [-0.1, -0.05) is 77.1 Å². The fourth-order valence-electron chi connectivity index (χ4n) is 4.40. The Kier molecular flexibility index (Phi) is 7.65. The van der Waals surface area contributed by atoms with Crippen LogP contribution < -0.4 is 14.4 Å². The topological polar surface area (TPSA) is 21.7 Å². The third kappa shape index (κ3) is 5.31. The smallest absolute Gasteiger partial charge is 0.144 e. The van der Waals surface area contributed by atoms with Crippen LogP contribution in [0.25, 0.3) is 0 Å². The van der Waals surface area contributed by atoms with Crippen molar-refractivity contribution in [1.29, 1.82) is 0 Å². The lowest BCUT2D eigenvalue weighted by molar-refractivity contribution is 0.162. The van der Waals surface area contributed by atoms with Crippen molar-refractivity contribution >= 4 is 43.2 Å². The Balaban J connectivity index is 1.55. The zero-order valence-corrected chi connectivity index (χ0v) is 21.4. The molecule has 2 aliphatic rings. The van der Waals surface area contributed by atoms with Crippen molar-refractivity contribution in [2.24, 2.45) is 5.92 Å². The molecule has 1 aliphatic carbocycles. The molecule has 2 aromatic rings. The number of anilines is 2. The highest BCUT2D eigenvalue weighted by Gasteiger charge is 2.38. The van der Waals surface area contributed by atoms with Crippen molar-refractivity contribution in [3.63, 3.8) is 0 Å². The van der Waals surface area contributed by atoms with Crippen LogP contribution in [0, 0.1) is 5.92 Å². The fraction of sp³-hybridized carbons (Fsp3) is 0.462. The molecule has 0 radical (unpaired) electrons. The highest BCUT2D eigenvalue weighted by Crippen LogP contribution is 2.45. The lowest BCUT2D eigenvalue weighted by atomic mass is 9.94. The van der Waals surface area contributed by atoms with Crippen molar-refractivity contribution in [3.8, 4) is 11.5 Å².